The van der Waals surface area contributed by atoms with Crippen LogP contribution in [-0.4, -0.2) is 43.2 Å². The van der Waals surface area contributed by atoms with Gasteiger partial charge in [0.25, 0.3) is 5.56 Å². The van der Waals surface area contributed by atoms with E-state index >= 15 is 0 Å². The molecule has 2 N–H and O–H groups in total. The van der Waals surface area contributed by atoms with Gasteiger partial charge in [-0.3, -0.25) is 18.5 Å². The average molecular weight is 490 g/mol. The Morgan fingerprint density at radius 1 is 1.12 bits per heavy atom. The van der Waals surface area contributed by atoms with E-state index in [4.69, 9.17) is 26.1 Å². The molecule has 5 rings (SSSR count). The maximum Gasteiger partial charge on any atom is 0.332 e. The van der Waals surface area contributed by atoms with Crippen molar-refractivity contribution in [2.24, 2.45) is 0 Å². The molecule has 0 bridgehead atoms. The number of aliphatic hydroxyl groups is 1. The number of aromatic nitrogens is 4. The maximum atomic E-state index is 13.4. The van der Waals surface area contributed by atoms with Crippen molar-refractivity contribution in [1.82, 2.24) is 18.7 Å². The van der Waals surface area contributed by atoms with Gasteiger partial charge in [0, 0.05) is 23.7 Å². The van der Waals surface area contributed by atoms with E-state index in [1.165, 1.54) is 15.6 Å². The third-order valence-electron chi connectivity index (χ3n) is 6.56. The van der Waals surface area contributed by atoms with Gasteiger partial charge in [0.2, 0.25) is 12.7 Å². The van der Waals surface area contributed by atoms with Crippen molar-refractivity contribution in [1.29, 1.82) is 0 Å². The summed E-state index contributed by atoms with van der Waals surface area (Å²) in [7, 11) is 0. The molecule has 0 radical (unpaired) electrons. The summed E-state index contributed by atoms with van der Waals surface area (Å²) >= 11 is 6.56. The van der Waals surface area contributed by atoms with E-state index in [-0.39, 0.29) is 44.7 Å². The first-order chi connectivity index (χ1) is 16.5. The molecule has 10 nitrogen and oxygen atoms in total. The van der Waals surface area contributed by atoms with Crippen molar-refractivity contribution in [3.8, 4) is 11.5 Å². The first kappa shape index (κ1) is 22.8. The van der Waals surface area contributed by atoms with Crippen LogP contribution in [0.25, 0.3) is 11.2 Å². The SMILES string of the molecule is CCn1c(=O)c2c(nc(NC3CCCCC3)n2Cc2cc3c(cc2Cl)OCO3)n(CCO)c1=O. The summed E-state index contributed by atoms with van der Waals surface area (Å²) in [4.78, 5) is 31.1. The highest BCUT2D eigenvalue weighted by atomic mass is 35.5. The Labute approximate surface area is 200 Å². The van der Waals surface area contributed by atoms with Crippen molar-refractivity contribution in [3.05, 3.63) is 43.6 Å². The molecule has 1 aromatic carbocycles. The molecule has 0 atom stereocenters. The van der Waals surface area contributed by atoms with Crippen molar-refractivity contribution < 1.29 is 14.6 Å². The van der Waals surface area contributed by atoms with Crippen LogP contribution in [0.15, 0.2) is 21.7 Å². The number of nitrogens with one attached hydrogen (secondary N) is 1. The van der Waals surface area contributed by atoms with Gasteiger partial charge in [-0.15, -0.1) is 0 Å². The number of hydrogen-bond acceptors (Lipinski definition) is 7. The van der Waals surface area contributed by atoms with Gasteiger partial charge >= 0.3 is 5.69 Å². The van der Waals surface area contributed by atoms with Gasteiger partial charge < -0.3 is 19.9 Å². The number of imidazole rings is 1. The number of fused-ring (bicyclic) bond motifs is 2. The smallest absolute Gasteiger partial charge is 0.332 e. The molecule has 0 saturated heterocycles. The molecule has 0 amide bonds. The van der Waals surface area contributed by atoms with Gasteiger partial charge in [-0.1, -0.05) is 30.9 Å². The Hall–Kier alpha value is -2.98. The predicted octanol–water partition coefficient (Wildman–Crippen LogP) is 2.55. The van der Waals surface area contributed by atoms with Crippen LogP contribution < -0.4 is 26.0 Å². The highest BCUT2D eigenvalue weighted by molar-refractivity contribution is 6.31. The number of rotatable bonds is 7. The van der Waals surface area contributed by atoms with E-state index in [1.54, 1.807) is 17.6 Å². The molecule has 0 unspecified atom stereocenters. The fraction of sp³-hybridized carbons (Fsp3) is 0.522. The quantitative estimate of drug-likeness (QED) is 0.524. The fourth-order valence-corrected chi connectivity index (χ4v) is 5.03. The molecule has 2 aliphatic rings. The summed E-state index contributed by atoms with van der Waals surface area (Å²) in [5.41, 5.74) is 0.381. The third-order valence-corrected chi connectivity index (χ3v) is 6.91. The first-order valence-corrected chi connectivity index (χ1v) is 12.1. The van der Waals surface area contributed by atoms with E-state index in [0.29, 0.717) is 28.0 Å². The Balaban J connectivity index is 1.70. The fourth-order valence-electron chi connectivity index (χ4n) is 4.82. The van der Waals surface area contributed by atoms with Crippen molar-refractivity contribution in [2.75, 3.05) is 18.7 Å². The van der Waals surface area contributed by atoms with E-state index in [9.17, 15) is 14.7 Å². The molecular weight excluding hydrogens is 462 g/mol. The second-order valence-electron chi connectivity index (χ2n) is 8.68. The number of aliphatic hydroxyl groups excluding tert-OH is 1. The molecule has 2 aromatic heterocycles. The Bertz CT molecular complexity index is 1340. The molecule has 3 heterocycles. The van der Waals surface area contributed by atoms with Crippen LogP contribution in [0.3, 0.4) is 0 Å². The minimum Gasteiger partial charge on any atom is -0.454 e. The monoisotopic (exact) mass is 489 g/mol. The third kappa shape index (κ3) is 3.94. The molecule has 1 saturated carbocycles. The van der Waals surface area contributed by atoms with Crippen molar-refractivity contribution in [3.63, 3.8) is 0 Å². The van der Waals surface area contributed by atoms with Crippen molar-refractivity contribution >= 4 is 28.7 Å². The van der Waals surface area contributed by atoms with Gasteiger partial charge in [0.1, 0.15) is 0 Å². The number of nitrogens with zero attached hydrogens (tertiary/aromatic N) is 4. The van der Waals surface area contributed by atoms with E-state index in [0.717, 1.165) is 31.2 Å². The molecule has 0 spiro atoms. The van der Waals surface area contributed by atoms with E-state index < -0.39 is 11.2 Å². The lowest BCUT2D eigenvalue weighted by molar-refractivity contribution is 0.174. The summed E-state index contributed by atoms with van der Waals surface area (Å²) in [5.74, 6) is 1.68. The number of halogens is 1. The molecule has 34 heavy (non-hydrogen) atoms. The van der Waals surface area contributed by atoms with Gasteiger partial charge in [0.05, 0.1) is 19.7 Å². The lowest BCUT2D eigenvalue weighted by atomic mass is 9.96. The molecule has 1 aliphatic heterocycles. The number of anilines is 1. The highest BCUT2D eigenvalue weighted by Crippen LogP contribution is 2.37. The van der Waals surface area contributed by atoms with E-state index in [1.807, 2.05) is 6.07 Å². The summed E-state index contributed by atoms with van der Waals surface area (Å²) in [6, 6.07) is 3.74. The first-order valence-electron chi connectivity index (χ1n) is 11.7. The standard InChI is InChI=1S/C23H28ClN5O5/c1-2-27-21(31)19-20(28(8-9-30)23(27)32)26-22(25-15-6-4-3-5-7-15)29(19)12-14-10-17-18(11-16(14)24)34-13-33-17/h10-11,15,30H,2-9,12-13H2,1H3,(H,25,26). The van der Waals surface area contributed by atoms with Gasteiger partial charge in [0.15, 0.2) is 22.7 Å². The second-order valence-corrected chi connectivity index (χ2v) is 9.08. The van der Waals surface area contributed by atoms with E-state index in [2.05, 4.69) is 5.32 Å². The summed E-state index contributed by atoms with van der Waals surface area (Å²) < 4.78 is 15.3. The molecule has 1 aliphatic carbocycles. The molecule has 182 valence electrons. The summed E-state index contributed by atoms with van der Waals surface area (Å²) in [6.45, 7) is 2.13. The minimum atomic E-state index is -0.482. The normalized spacial score (nSPS) is 15.9. The molecular formula is C23H28ClN5O5. The average Bonchev–Trinajstić information content (AvgIpc) is 3.42. The topological polar surface area (TPSA) is 113 Å². The van der Waals surface area contributed by atoms with Crippen LogP contribution in [0.1, 0.15) is 44.6 Å². The zero-order valence-electron chi connectivity index (χ0n) is 19.1. The lowest BCUT2D eigenvalue weighted by Crippen LogP contribution is -2.40. The zero-order valence-corrected chi connectivity index (χ0v) is 19.8. The van der Waals surface area contributed by atoms with Crippen LogP contribution in [0.5, 0.6) is 11.5 Å². The highest BCUT2D eigenvalue weighted by Gasteiger charge is 2.25. The van der Waals surface area contributed by atoms with Crippen LogP contribution in [0, 0.1) is 0 Å². The Morgan fingerprint density at radius 2 is 1.85 bits per heavy atom. The van der Waals surface area contributed by atoms with Crippen LogP contribution >= 0.6 is 11.6 Å². The Kier molecular flexibility index (Phi) is 6.26. The molecule has 3 aromatic rings. The van der Waals surface area contributed by atoms with Gasteiger partial charge in [-0.2, -0.15) is 4.98 Å². The Morgan fingerprint density at radius 3 is 2.56 bits per heavy atom. The summed E-state index contributed by atoms with van der Waals surface area (Å²) in [6.07, 6.45) is 5.49. The van der Waals surface area contributed by atoms with Crippen LogP contribution in [-0.2, 0) is 19.6 Å². The molecule has 1 fully saturated rings. The largest absolute Gasteiger partial charge is 0.454 e. The van der Waals surface area contributed by atoms with Crippen LogP contribution in [0.2, 0.25) is 5.02 Å². The van der Waals surface area contributed by atoms with Crippen LogP contribution in [0.4, 0.5) is 5.95 Å². The zero-order chi connectivity index (χ0) is 23.8. The number of benzene rings is 1. The van der Waals surface area contributed by atoms with Gasteiger partial charge in [-0.05, 0) is 31.4 Å². The molecule has 11 heteroatoms. The maximum absolute atomic E-state index is 13.4. The number of hydrogen-bond donors (Lipinski definition) is 2. The predicted molar refractivity (Wildman–Crippen MR) is 128 cm³/mol. The minimum absolute atomic E-state index is 0.0419. The van der Waals surface area contributed by atoms with Gasteiger partial charge in [-0.25, -0.2) is 4.79 Å². The second kappa shape index (κ2) is 9.34. The lowest BCUT2D eigenvalue weighted by Gasteiger charge is -2.23. The summed E-state index contributed by atoms with van der Waals surface area (Å²) in [5, 5.41) is 13.6. The van der Waals surface area contributed by atoms with Crippen molar-refractivity contribution in [2.45, 2.75) is 64.7 Å². The number of ether oxygens (including phenoxy) is 2.